The van der Waals surface area contributed by atoms with Crippen LogP contribution in [-0.2, 0) is 12.1 Å². The van der Waals surface area contributed by atoms with Crippen molar-refractivity contribution in [1.82, 2.24) is 9.88 Å². The molecule has 0 amide bonds. The van der Waals surface area contributed by atoms with Gasteiger partial charge in [0, 0.05) is 23.8 Å². The van der Waals surface area contributed by atoms with E-state index in [-0.39, 0.29) is 6.04 Å². The molecule has 1 spiro atoms. The molecule has 2 aliphatic rings. The van der Waals surface area contributed by atoms with E-state index < -0.39 is 5.54 Å². The summed E-state index contributed by atoms with van der Waals surface area (Å²) in [5, 5.41) is 10.7. The van der Waals surface area contributed by atoms with Crippen molar-refractivity contribution in [3.63, 3.8) is 0 Å². The fraction of sp³-hybridized carbons (Fsp3) is 0.219. The molecule has 6 rings (SSSR count). The summed E-state index contributed by atoms with van der Waals surface area (Å²) in [6.45, 7) is 6.85. The molecule has 2 atom stereocenters. The first-order chi connectivity index (χ1) is 17.9. The minimum Gasteiger partial charge on any atom is -0.489 e. The number of aryl methyl sites for hydroxylation is 1. The van der Waals surface area contributed by atoms with E-state index in [0.717, 1.165) is 55.6 Å². The number of pyridine rings is 1. The van der Waals surface area contributed by atoms with Gasteiger partial charge in [0.15, 0.2) is 0 Å². The molecular formula is C32H28N4O. The first kappa shape index (κ1) is 23.1. The van der Waals surface area contributed by atoms with Crippen LogP contribution < -0.4 is 4.74 Å². The Morgan fingerprint density at radius 3 is 2.68 bits per heavy atom. The fourth-order valence-electron chi connectivity index (χ4n) is 5.80. The highest BCUT2D eigenvalue weighted by atomic mass is 16.5. The van der Waals surface area contributed by atoms with E-state index in [0.29, 0.717) is 12.3 Å². The Kier molecular flexibility index (Phi) is 5.43. The number of hydrogen-bond acceptors (Lipinski definition) is 5. The monoisotopic (exact) mass is 484 g/mol. The van der Waals surface area contributed by atoms with Gasteiger partial charge in [-0.15, -0.1) is 0 Å². The van der Waals surface area contributed by atoms with Gasteiger partial charge in [0.25, 0.3) is 0 Å². The van der Waals surface area contributed by atoms with Gasteiger partial charge < -0.3 is 4.74 Å². The molecule has 0 aliphatic carbocycles. The topological polar surface area (TPSA) is 61.5 Å². The van der Waals surface area contributed by atoms with Crippen molar-refractivity contribution < 1.29 is 4.74 Å². The Hall–Kier alpha value is -4.27. The van der Waals surface area contributed by atoms with Gasteiger partial charge in [0.2, 0.25) is 0 Å². The lowest BCUT2D eigenvalue weighted by Gasteiger charge is -2.45. The molecule has 4 aromatic rings. The number of aromatic nitrogens is 1. The number of fused-ring (bicyclic) bond motifs is 8. The van der Waals surface area contributed by atoms with E-state index in [1.54, 1.807) is 0 Å². The summed E-state index contributed by atoms with van der Waals surface area (Å²) in [4.78, 5) is 11.7. The third-order valence-corrected chi connectivity index (χ3v) is 7.86. The maximum atomic E-state index is 9.73. The lowest BCUT2D eigenvalue weighted by molar-refractivity contribution is 0.180. The van der Waals surface area contributed by atoms with Gasteiger partial charge in [0.05, 0.1) is 11.1 Å². The largest absolute Gasteiger partial charge is 0.489 e. The van der Waals surface area contributed by atoms with Gasteiger partial charge in [-0.25, -0.2) is 4.98 Å². The van der Waals surface area contributed by atoms with E-state index in [9.17, 15) is 5.26 Å². The average molecular weight is 485 g/mol. The quantitative estimate of drug-likeness (QED) is 0.285. The predicted octanol–water partition coefficient (Wildman–Crippen LogP) is 6.53. The predicted molar refractivity (Wildman–Crippen MR) is 148 cm³/mol. The Balaban J connectivity index is 1.77. The molecular weight excluding hydrogens is 456 g/mol. The van der Waals surface area contributed by atoms with Crippen LogP contribution >= 0.6 is 0 Å². The molecule has 3 aromatic carbocycles. The molecule has 2 unspecified atom stereocenters. The van der Waals surface area contributed by atoms with Crippen molar-refractivity contribution in [2.24, 2.45) is 4.99 Å². The lowest BCUT2D eigenvalue weighted by atomic mass is 9.75. The second kappa shape index (κ2) is 8.69. The minimum absolute atomic E-state index is 0.0827. The number of benzene rings is 3. The number of hydrogen-bond donors (Lipinski definition) is 0. The van der Waals surface area contributed by atoms with Crippen LogP contribution in [-0.4, -0.2) is 29.2 Å². The van der Waals surface area contributed by atoms with Crippen LogP contribution in [0.4, 0.5) is 0 Å². The van der Waals surface area contributed by atoms with Crippen molar-refractivity contribution in [2.45, 2.75) is 39.0 Å². The zero-order chi connectivity index (χ0) is 25.7. The molecule has 182 valence electrons. The fourth-order valence-corrected chi connectivity index (χ4v) is 5.80. The molecule has 1 aromatic heterocycles. The molecule has 2 aliphatic heterocycles. The summed E-state index contributed by atoms with van der Waals surface area (Å²) >= 11 is 0. The second-order valence-electron chi connectivity index (χ2n) is 10.0. The third-order valence-electron chi connectivity index (χ3n) is 7.86. The van der Waals surface area contributed by atoms with Crippen LogP contribution in [0.5, 0.6) is 5.75 Å². The van der Waals surface area contributed by atoms with Crippen LogP contribution in [0.1, 0.15) is 41.8 Å². The molecule has 0 saturated heterocycles. The molecule has 0 radical (unpaired) electrons. The normalized spacial score (nSPS) is 20.8. The third kappa shape index (κ3) is 3.56. The molecule has 37 heavy (non-hydrogen) atoms. The van der Waals surface area contributed by atoms with Gasteiger partial charge >= 0.3 is 0 Å². The number of nitrogens with zero attached hydrogens (tertiary/aromatic N) is 4. The maximum Gasteiger partial charge on any atom is 0.141 e. The van der Waals surface area contributed by atoms with E-state index in [2.05, 4.69) is 97.3 Å². The van der Waals surface area contributed by atoms with Gasteiger partial charge in [-0.05, 0) is 97.1 Å². The van der Waals surface area contributed by atoms with Crippen LogP contribution in [0, 0.1) is 18.3 Å². The van der Waals surface area contributed by atoms with Gasteiger partial charge in [0.1, 0.15) is 24.1 Å². The molecule has 0 saturated carbocycles. The van der Waals surface area contributed by atoms with Crippen molar-refractivity contribution in [3.05, 3.63) is 106 Å². The Bertz CT molecular complexity index is 1660. The summed E-state index contributed by atoms with van der Waals surface area (Å²) in [5.74, 6) is 0.868. The summed E-state index contributed by atoms with van der Waals surface area (Å²) < 4.78 is 6.44. The first-order valence-electron chi connectivity index (χ1n) is 12.5. The SMILES string of the molecule is CC1=CN=CC(C)N(C)C12c1ccc(C)c(c1)OCc1cccc(c1)-c1cc(C#N)nc3ccc2cc13. The van der Waals surface area contributed by atoms with E-state index >= 15 is 0 Å². The summed E-state index contributed by atoms with van der Waals surface area (Å²) in [6, 6.07) is 25.6. The van der Waals surface area contributed by atoms with E-state index in [1.807, 2.05) is 30.6 Å². The lowest BCUT2D eigenvalue weighted by Crippen LogP contribution is -2.50. The molecule has 3 heterocycles. The molecule has 5 nitrogen and oxygen atoms in total. The molecule has 0 fully saturated rings. The van der Waals surface area contributed by atoms with Crippen molar-refractivity contribution in [3.8, 4) is 22.9 Å². The molecule has 5 heteroatoms. The second-order valence-corrected chi connectivity index (χ2v) is 10.0. The van der Waals surface area contributed by atoms with Gasteiger partial charge in [-0.1, -0.05) is 36.4 Å². The standard InChI is InChI=1S/C32H28N4O/c1-20-8-9-26-14-31(20)37-19-23-6-5-7-24(12-23)28-15-27(16-33)35-30-11-10-25(13-29(28)30)32(26)21(2)17-34-18-22(3)36(32)4/h5-15,17-18,22H,19H2,1-4H3. The maximum absolute atomic E-state index is 9.73. The summed E-state index contributed by atoms with van der Waals surface area (Å²) in [6.07, 6.45) is 3.97. The van der Waals surface area contributed by atoms with Crippen molar-refractivity contribution in [1.29, 1.82) is 5.26 Å². The van der Waals surface area contributed by atoms with E-state index in [1.165, 1.54) is 0 Å². The number of rotatable bonds is 0. The minimum atomic E-state index is -0.590. The van der Waals surface area contributed by atoms with Crippen molar-refractivity contribution in [2.75, 3.05) is 7.05 Å². The molecule has 0 N–H and O–H groups in total. The number of aliphatic imine (C=N–C) groups is 1. The van der Waals surface area contributed by atoms with Crippen LogP contribution in [0.2, 0.25) is 0 Å². The van der Waals surface area contributed by atoms with Crippen LogP contribution in [0.25, 0.3) is 22.0 Å². The van der Waals surface area contributed by atoms with Gasteiger partial charge in [-0.2, -0.15) is 5.26 Å². The van der Waals surface area contributed by atoms with Gasteiger partial charge in [-0.3, -0.25) is 9.89 Å². The number of ether oxygens (including phenoxy) is 1. The highest BCUT2D eigenvalue weighted by molar-refractivity contribution is 5.96. The number of likely N-dealkylation sites (N-methyl/N-ethyl adjacent to an activating group) is 1. The Labute approximate surface area is 217 Å². The number of nitriles is 1. The average Bonchev–Trinajstić information content (AvgIpc) is 3.02. The molecule has 6 bridgehead atoms. The summed E-state index contributed by atoms with van der Waals surface area (Å²) in [7, 11) is 2.16. The highest BCUT2D eigenvalue weighted by Crippen LogP contribution is 2.46. The smallest absolute Gasteiger partial charge is 0.141 e. The zero-order valence-corrected chi connectivity index (χ0v) is 21.5. The first-order valence-corrected chi connectivity index (χ1v) is 12.5. The van der Waals surface area contributed by atoms with E-state index in [4.69, 9.17) is 4.74 Å². The highest BCUT2D eigenvalue weighted by Gasteiger charge is 2.43. The van der Waals surface area contributed by atoms with Crippen LogP contribution in [0.15, 0.2) is 83.5 Å². The van der Waals surface area contributed by atoms with Crippen molar-refractivity contribution >= 4 is 17.1 Å². The van der Waals surface area contributed by atoms with Crippen LogP contribution in [0.3, 0.4) is 0 Å². The Morgan fingerprint density at radius 1 is 1.03 bits per heavy atom. The summed E-state index contributed by atoms with van der Waals surface area (Å²) in [5.41, 5.74) is 8.16. The zero-order valence-electron chi connectivity index (χ0n) is 21.5. The Morgan fingerprint density at radius 2 is 1.84 bits per heavy atom.